The van der Waals surface area contributed by atoms with Crippen LogP contribution in [0.5, 0.6) is 5.88 Å². The molecule has 1 fully saturated rings. The average molecular weight is 257 g/mol. The van der Waals surface area contributed by atoms with Gasteiger partial charge in [-0.2, -0.15) is 0 Å². The summed E-state index contributed by atoms with van der Waals surface area (Å²) in [6, 6.07) is 9.33. The molecule has 98 valence electrons. The topological polar surface area (TPSA) is 81.2 Å². The fourth-order valence-electron chi connectivity index (χ4n) is 2.21. The summed E-state index contributed by atoms with van der Waals surface area (Å²) in [4.78, 5) is 4.45. The van der Waals surface area contributed by atoms with Crippen molar-refractivity contribution in [3.63, 3.8) is 0 Å². The van der Waals surface area contributed by atoms with E-state index < -0.39 is 0 Å². The van der Waals surface area contributed by atoms with E-state index in [4.69, 9.17) is 20.6 Å². The Morgan fingerprint density at radius 2 is 2.26 bits per heavy atom. The van der Waals surface area contributed by atoms with Gasteiger partial charge in [-0.05, 0) is 6.07 Å². The summed E-state index contributed by atoms with van der Waals surface area (Å²) in [7, 11) is 0. The molecule has 1 aromatic carbocycles. The highest BCUT2D eigenvalue weighted by Crippen LogP contribution is 2.23. The maximum atomic E-state index is 7.67. The van der Waals surface area contributed by atoms with Crippen LogP contribution < -0.4 is 10.5 Å². The van der Waals surface area contributed by atoms with Gasteiger partial charge in [-0.15, -0.1) is 0 Å². The van der Waals surface area contributed by atoms with Gasteiger partial charge in [0, 0.05) is 23.4 Å². The van der Waals surface area contributed by atoms with E-state index in [-0.39, 0.29) is 11.9 Å². The predicted molar refractivity (Wildman–Crippen MR) is 72.6 cm³/mol. The quantitative estimate of drug-likeness (QED) is 0.647. The minimum atomic E-state index is 0.0196. The summed E-state index contributed by atoms with van der Waals surface area (Å²) < 4.78 is 11.1. The number of fused-ring (bicyclic) bond motifs is 1. The Kier molecular flexibility index (Phi) is 3.05. The van der Waals surface area contributed by atoms with Crippen molar-refractivity contribution in [1.82, 2.24) is 4.98 Å². The molecule has 1 unspecified atom stereocenters. The molecule has 0 radical (unpaired) electrons. The summed E-state index contributed by atoms with van der Waals surface area (Å²) in [5.74, 6) is 0.519. The number of benzene rings is 1. The van der Waals surface area contributed by atoms with Gasteiger partial charge in [-0.3, -0.25) is 5.41 Å². The van der Waals surface area contributed by atoms with Gasteiger partial charge in [-0.1, -0.05) is 18.2 Å². The van der Waals surface area contributed by atoms with E-state index in [1.165, 1.54) is 0 Å². The van der Waals surface area contributed by atoms with Crippen molar-refractivity contribution in [1.29, 1.82) is 5.41 Å². The molecule has 1 saturated heterocycles. The van der Waals surface area contributed by atoms with E-state index in [9.17, 15) is 0 Å². The van der Waals surface area contributed by atoms with Crippen molar-refractivity contribution in [2.45, 2.75) is 12.5 Å². The Labute approximate surface area is 110 Å². The summed E-state index contributed by atoms with van der Waals surface area (Å²) >= 11 is 0. The third kappa shape index (κ3) is 2.37. The molecule has 0 amide bonds. The second kappa shape index (κ2) is 4.85. The lowest BCUT2D eigenvalue weighted by molar-refractivity contribution is 0.138. The van der Waals surface area contributed by atoms with Gasteiger partial charge in [0.1, 0.15) is 11.9 Å². The Hall–Kier alpha value is -2.14. The molecule has 19 heavy (non-hydrogen) atoms. The molecule has 0 saturated carbocycles. The second-order valence-corrected chi connectivity index (χ2v) is 4.54. The number of rotatable bonds is 3. The van der Waals surface area contributed by atoms with Crippen LogP contribution in [0.4, 0.5) is 0 Å². The molecule has 1 aromatic heterocycles. The molecule has 0 aliphatic carbocycles. The molecule has 0 bridgehead atoms. The van der Waals surface area contributed by atoms with Gasteiger partial charge in [0.05, 0.1) is 18.7 Å². The number of nitrogens with two attached hydrogens (primary N) is 1. The van der Waals surface area contributed by atoms with Crippen molar-refractivity contribution in [3.05, 3.63) is 35.9 Å². The normalized spacial score (nSPS) is 18.6. The van der Waals surface area contributed by atoms with Gasteiger partial charge in [-0.25, -0.2) is 4.98 Å². The van der Waals surface area contributed by atoms with Crippen molar-refractivity contribution < 1.29 is 9.47 Å². The van der Waals surface area contributed by atoms with Crippen LogP contribution in [0.1, 0.15) is 12.0 Å². The zero-order valence-corrected chi connectivity index (χ0v) is 10.4. The van der Waals surface area contributed by atoms with Crippen LogP contribution in [-0.4, -0.2) is 30.1 Å². The Bertz CT molecular complexity index is 621. The standard InChI is InChI=1S/C14H15N3O2/c15-14(16)11-7-13(19-9-5-6-18-8-9)17-12-4-2-1-3-10(11)12/h1-4,7,9H,5-6,8H2,(H3,15,16). The first kappa shape index (κ1) is 11.9. The van der Waals surface area contributed by atoms with Crippen molar-refractivity contribution in [2.75, 3.05) is 13.2 Å². The number of ether oxygens (including phenoxy) is 2. The minimum Gasteiger partial charge on any atom is -0.472 e. The molecule has 2 aromatic rings. The predicted octanol–water partition coefficient (Wildman–Crippen LogP) is 1.69. The van der Waals surface area contributed by atoms with Crippen LogP contribution in [0.2, 0.25) is 0 Å². The number of hydrogen-bond donors (Lipinski definition) is 2. The van der Waals surface area contributed by atoms with Crippen LogP contribution in [-0.2, 0) is 4.74 Å². The first-order valence-corrected chi connectivity index (χ1v) is 6.22. The smallest absolute Gasteiger partial charge is 0.214 e. The van der Waals surface area contributed by atoms with E-state index in [0.717, 1.165) is 23.9 Å². The Morgan fingerprint density at radius 3 is 3.00 bits per heavy atom. The fraction of sp³-hybridized carbons (Fsp3) is 0.286. The summed E-state index contributed by atoms with van der Waals surface area (Å²) in [6.07, 6.45) is 0.901. The van der Waals surface area contributed by atoms with Crippen molar-refractivity contribution in [3.8, 4) is 5.88 Å². The van der Waals surface area contributed by atoms with Crippen LogP contribution in [0.3, 0.4) is 0 Å². The maximum Gasteiger partial charge on any atom is 0.214 e. The van der Waals surface area contributed by atoms with Gasteiger partial charge in [0.25, 0.3) is 0 Å². The molecule has 0 spiro atoms. The fourth-order valence-corrected chi connectivity index (χ4v) is 2.21. The lowest BCUT2D eigenvalue weighted by Crippen LogP contribution is -2.18. The maximum absolute atomic E-state index is 7.67. The minimum absolute atomic E-state index is 0.0196. The number of nitrogens with one attached hydrogen (secondary N) is 1. The monoisotopic (exact) mass is 257 g/mol. The third-order valence-corrected chi connectivity index (χ3v) is 3.16. The van der Waals surface area contributed by atoms with Crippen molar-refractivity contribution >= 4 is 16.7 Å². The number of amidine groups is 1. The third-order valence-electron chi connectivity index (χ3n) is 3.16. The number of pyridine rings is 1. The van der Waals surface area contributed by atoms with E-state index in [1.807, 2.05) is 24.3 Å². The number of nitrogen functional groups attached to an aromatic ring is 1. The highest BCUT2D eigenvalue weighted by atomic mass is 16.5. The lowest BCUT2D eigenvalue weighted by Gasteiger charge is -2.13. The van der Waals surface area contributed by atoms with E-state index in [1.54, 1.807) is 6.07 Å². The average Bonchev–Trinajstić information content (AvgIpc) is 2.90. The summed E-state index contributed by atoms with van der Waals surface area (Å²) in [5.41, 5.74) is 7.07. The van der Waals surface area contributed by atoms with Gasteiger partial charge in [0.15, 0.2) is 0 Å². The molecule has 1 atom stereocenters. The van der Waals surface area contributed by atoms with Gasteiger partial charge >= 0.3 is 0 Å². The molecule has 3 N–H and O–H groups in total. The zero-order chi connectivity index (χ0) is 13.2. The number of nitrogens with zero attached hydrogens (tertiary/aromatic N) is 1. The number of hydrogen-bond acceptors (Lipinski definition) is 4. The van der Waals surface area contributed by atoms with Crippen LogP contribution in [0.25, 0.3) is 10.9 Å². The number of para-hydroxylation sites is 1. The highest BCUT2D eigenvalue weighted by molar-refractivity contribution is 6.06. The molecule has 2 heterocycles. The van der Waals surface area contributed by atoms with Crippen molar-refractivity contribution in [2.24, 2.45) is 5.73 Å². The summed E-state index contributed by atoms with van der Waals surface area (Å²) in [6.45, 7) is 1.31. The molecule has 5 heteroatoms. The van der Waals surface area contributed by atoms with Gasteiger partial charge < -0.3 is 15.2 Å². The SMILES string of the molecule is N=C(N)c1cc(OC2CCOC2)nc2ccccc12. The second-order valence-electron chi connectivity index (χ2n) is 4.54. The number of aromatic nitrogens is 1. The molecule has 1 aliphatic heterocycles. The summed E-state index contributed by atoms with van der Waals surface area (Å²) in [5, 5.41) is 8.53. The molecular formula is C14H15N3O2. The van der Waals surface area contributed by atoms with Crippen LogP contribution in [0.15, 0.2) is 30.3 Å². The van der Waals surface area contributed by atoms with Crippen LogP contribution in [0, 0.1) is 5.41 Å². The zero-order valence-electron chi connectivity index (χ0n) is 10.4. The first-order valence-electron chi connectivity index (χ1n) is 6.22. The van der Waals surface area contributed by atoms with Crippen LogP contribution >= 0.6 is 0 Å². The van der Waals surface area contributed by atoms with E-state index in [2.05, 4.69) is 4.98 Å². The highest BCUT2D eigenvalue weighted by Gasteiger charge is 2.18. The Morgan fingerprint density at radius 1 is 1.42 bits per heavy atom. The Balaban J connectivity index is 2.02. The molecule has 3 rings (SSSR count). The molecular weight excluding hydrogens is 242 g/mol. The first-order chi connectivity index (χ1) is 9.24. The van der Waals surface area contributed by atoms with E-state index in [0.29, 0.717) is 18.1 Å². The lowest BCUT2D eigenvalue weighted by atomic mass is 10.1. The van der Waals surface area contributed by atoms with Gasteiger partial charge in [0.2, 0.25) is 5.88 Å². The molecule has 5 nitrogen and oxygen atoms in total. The largest absolute Gasteiger partial charge is 0.472 e. The molecule has 1 aliphatic rings. The van der Waals surface area contributed by atoms with E-state index >= 15 is 0 Å².